The molecule has 0 fully saturated rings. The highest BCUT2D eigenvalue weighted by Gasteiger charge is 2.30. The van der Waals surface area contributed by atoms with Crippen molar-refractivity contribution in [3.8, 4) is 11.8 Å². The molecule has 1 atom stereocenters. The highest BCUT2D eigenvalue weighted by Crippen LogP contribution is 2.17. The van der Waals surface area contributed by atoms with Crippen LogP contribution in [0.5, 0.6) is 5.75 Å². The molecule has 6 heteroatoms. The molecule has 5 nitrogen and oxygen atoms in total. The monoisotopic (exact) mass is 259 g/mol. The third kappa shape index (κ3) is 2.21. The Labute approximate surface area is 109 Å². The van der Waals surface area contributed by atoms with E-state index in [9.17, 15) is 4.79 Å². The van der Waals surface area contributed by atoms with Gasteiger partial charge in [-0.25, -0.2) is 4.99 Å². The Kier molecular flexibility index (Phi) is 3.35. The van der Waals surface area contributed by atoms with Crippen molar-refractivity contribution >= 4 is 28.9 Å². The van der Waals surface area contributed by atoms with E-state index in [-0.39, 0.29) is 5.11 Å². The fraction of sp³-hybridized carbons (Fsp3) is 0.167. The number of aliphatic imine (C=N–C) groups is 1. The summed E-state index contributed by atoms with van der Waals surface area (Å²) in [6.07, 6.45) is 0. The van der Waals surface area contributed by atoms with Gasteiger partial charge in [0.2, 0.25) is 5.91 Å². The van der Waals surface area contributed by atoms with Crippen LogP contribution in [0.1, 0.15) is 5.56 Å². The quantitative estimate of drug-likeness (QED) is 0.805. The number of methoxy groups -OCH3 is 1. The summed E-state index contributed by atoms with van der Waals surface area (Å²) >= 11 is 4.86. The van der Waals surface area contributed by atoms with Crippen LogP contribution in [0.3, 0.4) is 0 Å². The van der Waals surface area contributed by atoms with Crippen molar-refractivity contribution in [1.82, 2.24) is 5.32 Å². The molecular formula is C12H9N3O2S. The Morgan fingerprint density at radius 1 is 1.44 bits per heavy atom. The number of ether oxygens (including phenoxy) is 1. The van der Waals surface area contributed by atoms with Gasteiger partial charge in [-0.2, -0.15) is 5.26 Å². The first kappa shape index (κ1) is 12.2. The first-order chi connectivity index (χ1) is 8.65. The van der Waals surface area contributed by atoms with Gasteiger partial charge < -0.3 is 4.74 Å². The second-order valence-electron chi connectivity index (χ2n) is 3.58. The molecule has 1 aliphatic rings. The van der Waals surface area contributed by atoms with Crippen LogP contribution in [0.15, 0.2) is 29.3 Å². The number of carbonyl (C=O) groups is 1. The molecule has 1 aromatic carbocycles. The lowest BCUT2D eigenvalue weighted by Gasteiger charge is -2.18. The smallest absolute Gasteiger partial charge is 0.249 e. The molecule has 1 aliphatic heterocycles. The summed E-state index contributed by atoms with van der Waals surface area (Å²) in [5.41, 5.74) is 1.05. The minimum atomic E-state index is -0.940. The molecule has 90 valence electrons. The van der Waals surface area contributed by atoms with Gasteiger partial charge in [-0.3, -0.25) is 10.1 Å². The maximum absolute atomic E-state index is 11.6. The van der Waals surface area contributed by atoms with E-state index in [1.165, 1.54) is 0 Å². The van der Waals surface area contributed by atoms with Gasteiger partial charge in [-0.15, -0.1) is 0 Å². The van der Waals surface area contributed by atoms with Crippen LogP contribution in [0, 0.1) is 17.2 Å². The number of carbonyl (C=O) groups excluding carboxylic acids is 1. The van der Waals surface area contributed by atoms with E-state index in [1.54, 1.807) is 31.4 Å². The second kappa shape index (κ2) is 4.94. The van der Waals surface area contributed by atoms with Crippen molar-refractivity contribution in [2.75, 3.05) is 7.11 Å². The van der Waals surface area contributed by atoms with Crippen molar-refractivity contribution in [3.63, 3.8) is 0 Å². The lowest BCUT2D eigenvalue weighted by atomic mass is 9.96. The van der Waals surface area contributed by atoms with E-state index in [4.69, 9.17) is 22.2 Å². The topological polar surface area (TPSA) is 74.5 Å². The minimum Gasteiger partial charge on any atom is -0.497 e. The van der Waals surface area contributed by atoms with E-state index in [1.807, 2.05) is 6.07 Å². The van der Waals surface area contributed by atoms with Gasteiger partial charge in [-0.1, -0.05) is 0 Å². The molecular weight excluding hydrogens is 250 g/mol. The van der Waals surface area contributed by atoms with Crippen molar-refractivity contribution < 1.29 is 9.53 Å². The molecule has 0 bridgehead atoms. The summed E-state index contributed by atoms with van der Waals surface area (Å²) in [4.78, 5) is 15.7. The fourth-order valence-electron chi connectivity index (χ4n) is 1.62. The molecule has 0 aliphatic carbocycles. The number of hydrogen-bond acceptors (Lipinski definition) is 4. The van der Waals surface area contributed by atoms with Gasteiger partial charge in [-0.05, 0) is 42.0 Å². The summed E-state index contributed by atoms with van der Waals surface area (Å²) in [5.74, 6) is -0.691. The molecule has 18 heavy (non-hydrogen) atoms. The molecule has 0 radical (unpaired) electrons. The normalized spacial score (nSPS) is 18.7. The summed E-state index contributed by atoms with van der Waals surface area (Å²) in [5, 5.41) is 11.5. The molecule has 0 spiro atoms. The zero-order valence-electron chi connectivity index (χ0n) is 9.51. The fourth-order valence-corrected chi connectivity index (χ4v) is 1.82. The van der Waals surface area contributed by atoms with Crippen LogP contribution >= 0.6 is 12.2 Å². The Morgan fingerprint density at radius 2 is 2.11 bits per heavy atom. The Balaban J connectivity index is 2.43. The lowest BCUT2D eigenvalue weighted by Crippen LogP contribution is -2.42. The number of rotatable bonds is 2. The predicted octanol–water partition coefficient (Wildman–Crippen LogP) is 1.04. The van der Waals surface area contributed by atoms with Crippen LogP contribution in [0.2, 0.25) is 0 Å². The average molecular weight is 259 g/mol. The van der Waals surface area contributed by atoms with E-state index in [0.717, 1.165) is 0 Å². The molecule has 0 saturated heterocycles. The van der Waals surface area contributed by atoms with E-state index in [2.05, 4.69) is 10.3 Å². The van der Waals surface area contributed by atoms with Gasteiger partial charge in [0.15, 0.2) is 11.0 Å². The summed E-state index contributed by atoms with van der Waals surface area (Å²) in [6.45, 7) is 0. The average Bonchev–Trinajstić information content (AvgIpc) is 2.38. The van der Waals surface area contributed by atoms with Crippen molar-refractivity contribution in [1.29, 1.82) is 5.26 Å². The van der Waals surface area contributed by atoms with E-state index in [0.29, 0.717) is 17.0 Å². The van der Waals surface area contributed by atoms with Gasteiger partial charge in [0.05, 0.1) is 18.9 Å². The summed E-state index contributed by atoms with van der Waals surface area (Å²) in [6, 6.07) is 8.87. The first-order valence-corrected chi connectivity index (χ1v) is 5.54. The maximum atomic E-state index is 11.6. The molecule has 1 aromatic rings. The van der Waals surface area contributed by atoms with E-state index < -0.39 is 11.8 Å². The van der Waals surface area contributed by atoms with Gasteiger partial charge in [0, 0.05) is 0 Å². The molecule has 1 amide bonds. The maximum Gasteiger partial charge on any atom is 0.249 e. The summed E-state index contributed by atoms with van der Waals surface area (Å²) in [7, 11) is 1.56. The highest BCUT2D eigenvalue weighted by atomic mass is 32.1. The van der Waals surface area contributed by atoms with Crippen molar-refractivity contribution in [3.05, 3.63) is 29.8 Å². The van der Waals surface area contributed by atoms with Gasteiger partial charge >= 0.3 is 0 Å². The van der Waals surface area contributed by atoms with Crippen LogP contribution in [-0.4, -0.2) is 23.8 Å². The first-order valence-electron chi connectivity index (χ1n) is 5.13. The molecule has 2 rings (SSSR count). The predicted molar refractivity (Wildman–Crippen MR) is 69.4 cm³/mol. The van der Waals surface area contributed by atoms with Gasteiger partial charge in [0.1, 0.15) is 5.75 Å². The molecule has 1 heterocycles. The number of benzene rings is 1. The Bertz CT molecular complexity index is 572. The van der Waals surface area contributed by atoms with Crippen LogP contribution in [0.25, 0.3) is 0 Å². The molecule has 0 aromatic heterocycles. The zero-order chi connectivity index (χ0) is 13.1. The molecule has 1 unspecified atom stereocenters. The lowest BCUT2D eigenvalue weighted by molar-refractivity contribution is -0.120. The number of hydrogen-bond donors (Lipinski definition) is 1. The third-order valence-electron chi connectivity index (χ3n) is 2.50. The van der Waals surface area contributed by atoms with Crippen LogP contribution in [0.4, 0.5) is 0 Å². The highest BCUT2D eigenvalue weighted by molar-refractivity contribution is 7.80. The number of thiocarbonyl (C=S) groups is 1. The summed E-state index contributed by atoms with van der Waals surface area (Å²) < 4.78 is 5.04. The number of nitrogens with one attached hydrogen (secondary N) is 1. The largest absolute Gasteiger partial charge is 0.497 e. The van der Waals surface area contributed by atoms with Crippen molar-refractivity contribution in [2.45, 2.75) is 0 Å². The van der Waals surface area contributed by atoms with Crippen LogP contribution in [-0.2, 0) is 4.79 Å². The Hall–Kier alpha value is -2.26. The second-order valence-corrected chi connectivity index (χ2v) is 3.97. The van der Waals surface area contributed by atoms with E-state index >= 15 is 0 Å². The zero-order valence-corrected chi connectivity index (χ0v) is 10.3. The Morgan fingerprint density at radius 3 is 2.67 bits per heavy atom. The molecule has 1 N–H and O–H groups in total. The van der Waals surface area contributed by atoms with Gasteiger partial charge in [0.25, 0.3) is 0 Å². The van der Waals surface area contributed by atoms with Crippen molar-refractivity contribution in [2.24, 2.45) is 10.9 Å². The van der Waals surface area contributed by atoms with Crippen LogP contribution < -0.4 is 10.1 Å². The number of amides is 1. The SMILES string of the molecule is COc1ccc(C2=NC(=S)NC(=O)C2C#N)cc1. The number of nitriles is 1. The number of nitrogens with zero attached hydrogens (tertiary/aromatic N) is 2. The molecule has 0 saturated carbocycles. The minimum absolute atomic E-state index is 0.0809. The standard InChI is InChI=1S/C12H9N3O2S/c1-17-8-4-2-7(3-5-8)10-9(6-13)11(16)15-12(18)14-10/h2-5,9H,1H3,(H,15,16,18). The third-order valence-corrected chi connectivity index (χ3v) is 2.70.